The SMILES string of the molecule is N#Cc1nc(/C=C/c2ccc(Cl)cc2)oc1N1CCN(C(=O)c2ccccc2F)CC1. The van der Waals surface area contributed by atoms with Crippen molar-refractivity contribution in [3.8, 4) is 6.07 Å². The number of hydrogen-bond donors (Lipinski definition) is 0. The van der Waals surface area contributed by atoms with Gasteiger partial charge in [0.1, 0.15) is 11.9 Å². The number of oxazole rings is 1. The van der Waals surface area contributed by atoms with E-state index < -0.39 is 5.82 Å². The van der Waals surface area contributed by atoms with Crippen LogP contribution in [0.25, 0.3) is 12.2 Å². The highest BCUT2D eigenvalue weighted by molar-refractivity contribution is 6.30. The number of anilines is 1. The summed E-state index contributed by atoms with van der Waals surface area (Å²) < 4.78 is 19.7. The fraction of sp³-hybridized carbons (Fsp3) is 0.174. The van der Waals surface area contributed by atoms with Gasteiger partial charge in [-0.05, 0) is 35.9 Å². The first-order chi connectivity index (χ1) is 15.0. The highest BCUT2D eigenvalue weighted by atomic mass is 35.5. The quantitative estimate of drug-likeness (QED) is 0.603. The molecule has 0 spiro atoms. The van der Waals surface area contributed by atoms with Crippen LogP contribution in [0.3, 0.4) is 0 Å². The average molecular weight is 437 g/mol. The van der Waals surface area contributed by atoms with Crippen molar-refractivity contribution in [3.63, 3.8) is 0 Å². The number of aromatic nitrogens is 1. The van der Waals surface area contributed by atoms with Crippen LogP contribution in [0.2, 0.25) is 5.02 Å². The van der Waals surface area contributed by atoms with E-state index in [1.54, 1.807) is 35.2 Å². The summed E-state index contributed by atoms with van der Waals surface area (Å²) in [6.07, 6.45) is 3.50. The molecule has 0 unspecified atom stereocenters. The summed E-state index contributed by atoms with van der Waals surface area (Å²) >= 11 is 5.89. The first kappa shape index (κ1) is 20.6. The van der Waals surface area contributed by atoms with Crippen LogP contribution in [0.4, 0.5) is 10.3 Å². The molecule has 156 valence electrons. The first-order valence-corrected chi connectivity index (χ1v) is 10.1. The summed E-state index contributed by atoms with van der Waals surface area (Å²) in [4.78, 5) is 20.3. The van der Waals surface area contributed by atoms with Crippen molar-refractivity contribution in [3.05, 3.63) is 82.1 Å². The average Bonchev–Trinajstić information content (AvgIpc) is 3.22. The molecule has 1 saturated heterocycles. The second-order valence-corrected chi connectivity index (χ2v) is 7.40. The minimum Gasteiger partial charge on any atom is -0.420 e. The Hall–Kier alpha value is -3.63. The highest BCUT2D eigenvalue weighted by Crippen LogP contribution is 2.25. The van der Waals surface area contributed by atoms with E-state index in [4.69, 9.17) is 16.0 Å². The van der Waals surface area contributed by atoms with Gasteiger partial charge < -0.3 is 14.2 Å². The lowest BCUT2D eigenvalue weighted by Crippen LogP contribution is -2.49. The van der Waals surface area contributed by atoms with Crippen molar-refractivity contribution < 1.29 is 13.6 Å². The van der Waals surface area contributed by atoms with Gasteiger partial charge in [-0.15, -0.1) is 0 Å². The Bertz CT molecular complexity index is 1160. The van der Waals surface area contributed by atoms with Crippen molar-refractivity contribution >= 4 is 35.5 Å². The van der Waals surface area contributed by atoms with Gasteiger partial charge in [-0.1, -0.05) is 35.9 Å². The maximum absolute atomic E-state index is 13.9. The number of benzene rings is 2. The lowest BCUT2D eigenvalue weighted by Gasteiger charge is -2.34. The monoisotopic (exact) mass is 436 g/mol. The van der Waals surface area contributed by atoms with Crippen LogP contribution in [0.15, 0.2) is 52.9 Å². The molecule has 3 aromatic rings. The number of amides is 1. The molecule has 1 aromatic heterocycles. The second-order valence-electron chi connectivity index (χ2n) is 6.96. The van der Waals surface area contributed by atoms with E-state index in [1.807, 2.05) is 23.1 Å². The molecule has 0 aliphatic carbocycles. The van der Waals surface area contributed by atoms with Crippen LogP contribution in [-0.4, -0.2) is 42.0 Å². The Morgan fingerprint density at radius 1 is 1.10 bits per heavy atom. The van der Waals surface area contributed by atoms with Crippen LogP contribution in [0, 0.1) is 17.1 Å². The van der Waals surface area contributed by atoms with E-state index in [1.165, 1.54) is 12.1 Å². The van der Waals surface area contributed by atoms with Crippen LogP contribution in [-0.2, 0) is 0 Å². The van der Waals surface area contributed by atoms with Gasteiger partial charge in [-0.25, -0.2) is 4.39 Å². The molecule has 0 radical (unpaired) electrons. The van der Waals surface area contributed by atoms with Gasteiger partial charge in [-0.3, -0.25) is 4.79 Å². The van der Waals surface area contributed by atoms with Crippen LogP contribution < -0.4 is 4.90 Å². The third-order valence-electron chi connectivity index (χ3n) is 4.98. The minimum absolute atomic E-state index is 0.0583. The van der Waals surface area contributed by atoms with E-state index in [0.29, 0.717) is 43.0 Å². The third-order valence-corrected chi connectivity index (χ3v) is 5.23. The molecule has 8 heteroatoms. The summed E-state index contributed by atoms with van der Waals surface area (Å²) in [7, 11) is 0. The van der Waals surface area contributed by atoms with Gasteiger partial charge in [0.05, 0.1) is 5.56 Å². The summed E-state index contributed by atoms with van der Waals surface area (Å²) in [6, 6.07) is 15.3. The lowest BCUT2D eigenvalue weighted by molar-refractivity contribution is 0.0740. The Labute approximate surface area is 183 Å². The first-order valence-electron chi connectivity index (χ1n) is 9.68. The fourth-order valence-corrected chi connectivity index (χ4v) is 3.47. The number of halogens is 2. The van der Waals surface area contributed by atoms with Crippen molar-refractivity contribution in [2.75, 3.05) is 31.1 Å². The molecule has 2 heterocycles. The maximum Gasteiger partial charge on any atom is 0.256 e. The smallest absolute Gasteiger partial charge is 0.256 e. The number of piperazine rings is 1. The predicted octanol–water partition coefficient (Wildman–Crippen LogP) is 4.47. The summed E-state index contributed by atoms with van der Waals surface area (Å²) in [5.41, 5.74) is 1.16. The van der Waals surface area contributed by atoms with Gasteiger partial charge in [0.25, 0.3) is 5.91 Å². The Balaban J connectivity index is 1.45. The predicted molar refractivity (Wildman–Crippen MR) is 116 cm³/mol. The van der Waals surface area contributed by atoms with Gasteiger partial charge in [0.2, 0.25) is 17.5 Å². The fourth-order valence-electron chi connectivity index (χ4n) is 3.35. The molecule has 4 rings (SSSR count). The zero-order chi connectivity index (χ0) is 21.8. The topological polar surface area (TPSA) is 73.4 Å². The highest BCUT2D eigenvalue weighted by Gasteiger charge is 2.27. The van der Waals surface area contributed by atoms with E-state index in [0.717, 1.165) is 5.56 Å². The van der Waals surface area contributed by atoms with Crippen LogP contribution in [0.5, 0.6) is 0 Å². The zero-order valence-corrected chi connectivity index (χ0v) is 17.2. The zero-order valence-electron chi connectivity index (χ0n) is 16.5. The van der Waals surface area contributed by atoms with Crippen molar-refractivity contribution in [2.45, 2.75) is 0 Å². The van der Waals surface area contributed by atoms with Gasteiger partial charge >= 0.3 is 0 Å². The standard InChI is InChI=1S/C23H18ClFN4O2/c24-17-8-5-16(6-9-17)7-10-21-27-20(15-26)23(31-21)29-13-11-28(12-14-29)22(30)18-3-1-2-4-19(18)25/h1-10H,11-14H2/b10-7+. The molecule has 0 N–H and O–H groups in total. The number of carbonyl (C=O) groups is 1. The Morgan fingerprint density at radius 2 is 1.81 bits per heavy atom. The lowest BCUT2D eigenvalue weighted by atomic mass is 10.1. The minimum atomic E-state index is -0.533. The normalized spacial score (nSPS) is 14.1. The molecule has 6 nitrogen and oxygen atoms in total. The molecule has 1 aliphatic heterocycles. The van der Waals surface area contributed by atoms with Gasteiger partial charge in [-0.2, -0.15) is 10.2 Å². The van der Waals surface area contributed by atoms with Crippen molar-refractivity contribution in [1.29, 1.82) is 5.26 Å². The van der Waals surface area contributed by atoms with Crippen molar-refractivity contribution in [1.82, 2.24) is 9.88 Å². The number of carbonyl (C=O) groups excluding carboxylic acids is 1. The molecular weight excluding hydrogens is 419 g/mol. The molecule has 0 atom stereocenters. The summed E-state index contributed by atoms with van der Waals surface area (Å²) in [6.45, 7) is 1.66. The summed E-state index contributed by atoms with van der Waals surface area (Å²) in [5, 5.41) is 10.1. The molecule has 1 amide bonds. The number of nitriles is 1. The van der Waals surface area contributed by atoms with Crippen LogP contribution in [0.1, 0.15) is 27.5 Å². The molecule has 0 bridgehead atoms. The van der Waals surface area contributed by atoms with Crippen molar-refractivity contribution in [2.24, 2.45) is 0 Å². The molecule has 0 saturated carbocycles. The van der Waals surface area contributed by atoms with E-state index in [-0.39, 0.29) is 17.2 Å². The van der Waals surface area contributed by atoms with Gasteiger partial charge in [0, 0.05) is 37.3 Å². The van der Waals surface area contributed by atoms with Gasteiger partial charge in [0.15, 0.2) is 0 Å². The largest absolute Gasteiger partial charge is 0.420 e. The molecule has 31 heavy (non-hydrogen) atoms. The van der Waals surface area contributed by atoms with E-state index in [9.17, 15) is 14.4 Å². The molecule has 1 fully saturated rings. The molecular formula is C23H18ClFN4O2. The number of rotatable bonds is 4. The second kappa shape index (κ2) is 9.02. The maximum atomic E-state index is 13.9. The van der Waals surface area contributed by atoms with Crippen LogP contribution >= 0.6 is 11.6 Å². The van der Waals surface area contributed by atoms with E-state index >= 15 is 0 Å². The summed E-state index contributed by atoms with van der Waals surface area (Å²) in [5.74, 6) is -0.195. The molecule has 1 aliphatic rings. The third kappa shape index (κ3) is 4.60. The van der Waals surface area contributed by atoms with E-state index in [2.05, 4.69) is 11.1 Å². The Morgan fingerprint density at radius 3 is 2.48 bits per heavy atom. The number of hydrogen-bond acceptors (Lipinski definition) is 5. The number of nitrogens with zero attached hydrogens (tertiary/aromatic N) is 4. The Kier molecular flexibility index (Phi) is 6.01. The molecule has 2 aromatic carbocycles.